The van der Waals surface area contributed by atoms with Crippen LogP contribution in [0.1, 0.15) is 20.3 Å². The van der Waals surface area contributed by atoms with Gasteiger partial charge in [0.25, 0.3) is 0 Å². The van der Waals surface area contributed by atoms with Crippen LogP contribution in [0.15, 0.2) is 24.3 Å². The lowest BCUT2D eigenvalue weighted by atomic mass is 10.2. The van der Waals surface area contributed by atoms with Crippen molar-refractivity contribution in [2.24, 2.45) is 5.73 Å². The average molecular weight is 234 g/mol. The van der Waals surface area contributed by atoms with E-state index in [1.54, 1.807) is 4.90 Å². The summed E-state index contributed by atoms with van der Waals surface area (Å²) in [5, 5.41) is 0. The molecule has 0 aliphatic carbocycles. The number of amides is 1. The molecule has 2 rings (SSSR count). The Morgan fingerprint density at radius 3 is 2.47 bits per heavy atom. The molecule has 1 unspecified atom stereocenters. The number of carbonyl (C=O) groups excluding carboxylic acids is 1. The second-order valence-electron chi connectivity index (χ2n) is 4.55. The summed E-state index contributed by atoms with van der Waals surface area (Å²) >= 11 is 0. The number of nitrogens with zero attached hydrogens (tertiary/aromatic N) is 1. The smallest absolute Gasteiger partial charge is 0.243 e. The number of carbonyl (C=O) groups is 1. The first kappa shape index (κ1) is 11.9. The second kappa shape index (κ2) is 4.75. The quantitative estimate of drug-likeness (QED) is 0.863. The molecule has 1 atom stereocenters. The summed E-state index contributed by atoms with van der Waals surface area (Å²) in [5.41, 5.74) is 6.57. The van der Waals surface area contributed by atoms with Crippen LogP contribution in [0.2, 0.25) is 0 Å². The fourth-order valence-corrected chi connectivity index (χ4v) is 1.94. The Labute approximate surface area is 101 Å². The third-order valence-corrected chi connectivity index (χ3v) is 2.77. The highest BCUT2D eigenvalue weighted by Gasteiger charge is 2.29. The highest BCUT2D eigenvalue weighted by Crippen LogP contribution is 2.23. The van der Waals surface area contributed by atoms with Crippen molar-refractivity contribution in [1.29, 1.82) is 0 Å². The first-order valence-corrected chi connectivity index (χ1v) is 5.91. The largest absolute Gasteiger partial charge is 0.491 e. The molecule has 1 aromatic rings. The van der Waals surface area contributed by atoms with Crippen molar-refractivity contribution in [1.82, 2.24) is 0 Å². The van der Waals surface area contributed by atoms with Gasteiger partial charge in [0.2, 0.25) is 5.91 Å². The zero-order chi connectivity index (χ0) is 12.4. The minimum atomic E-state index is -0.346. The fourth-order valence-electron chi connectivity index (χ4n) is 1.94. The molecule has 1 heterocycles. The molecule has 1 saturated heterocycles. The summed E-state index contributed by atoms with van der Waals surface area (Å²) in [4.78, 5) is 13.5. The molecule has 4 nitrogen and oxygen atoms in total. The highest BCUT2D eigenvalue weighted by atomic mass is 16.5. The van der Waals surface area contributed by atoms with Crippen molar-refractivity contribution >= 4 is 11.6 Å². The van der Waals surface area contributed by atoms with Gasteiger partial charge < -0.3 is 15.4 Å². The number of anilines is 1. The molecule has 1 fully saturated rings. The van der Waals surface area contributed by atoms with Crippen LogP contribution in [-0.4, -0.2) is 24.6 Å². The second-order valence-corrected chi connectivity index (χ2v) is 4.55. The molecule has 0 aromatic heterocycles. The lowest BCUT2D eigenvalue weighted by molar-refractivity contribution is -0.118. The molecule has 1 aromatic carbocycles. The standard InChI is InChI=1S/C13H18N2O2/c1-9(2)17-11-5-3-10(4-6-11)15-8-7-12(14)13(15)16/h3-6,9,12H,7-8,14H2,1-2H3. The minimum Gasteiger partial charge on any atom is -0.491 e. The van der Waals surface area contributed by atoms with Gasteiger partial charge in [0.15, 0.2) is 0 Å². The lowest BCUT2D eigenvalue weighted by Crippen LogP contribution is -2.33. The molecule has 0 spiro atoms. The number of hydrogen-bond acceptors (Lipinski definition) is 3. The van der Waals surface area contributed by atoms with Crippen LogP contribution in [0.5, 0.6) is 5.75 Å². The van der Waals surface area contributed by atoms with Gasteiger partial charge in [-0.15, -0.1) is 0 Å². The van der Waals surface area contributed by atoms with Crippen LogP contribution in [0.3, 0.4) is 0 Å². The number of nitrogens with two attached hydrogens (primary N) is 1. The van der Waals surface area contributed by atoms with Crippen LogP contribution in [0, 0.1) is 0 Å². The summed E-state index contributed by atoms with van der Waals surface area (Å²) < 4.78 is 5.55. The number of benzene rings is 1. The van der Waals surface area contributed by atoms with Crippen molar-refractivity contribution in [3.8, 4) is 5.75 Å². The Kier molecular flexibility index (Phi) is 3.33. The van der Waals surface area contributed by atoms with E-state index in [4.69, 9.17) is 10.5 Å². The van der Waals surface area contributed by atoms with Crippen LogP contribution >= 0.6 is 0 Å². The maximum atomic E-state index is 11.7. The van der Waals surface area contributed by atoms with E-state index in [0.29, 0.717) is 6.54 Å². The minimum absolute atomic E-state index is 0.00234. The van der Waals surface area contributed by atoms with Crippen molar-refractivity contribution in [3.05, 3.63) is 24.3 Å². The molecule has 1 amide bonds. The molecular formula is C13H18N2O2. The van der Waals surface area contributed by atoms with E-state index in [1.807, 2.05) is 38.1 Å². The number of hydrogen-bond donors (Lipinski definition) is 1. The summed E-state index contributed by atoms with van der Waals surface area (Å²) in [6.45, 7) is 4.66. The van der Waals surface area contributed by atoms with Crippen LogP contribution in [-0.2, 0) is 4.79 Å². The van der Waals surface area contributed by atoms with E-state index in [9.17, 15) is 4.79 Å². The third-order valence-electron chi connectivity index (χ3n) is 2.77. The van der Waals surface area contributed by atoms with Gasteiger partial charge in [0.1, 0.15) is 5.75 Å². The lowest BCUT2D eigenvalue weighted by Gasteiger charge is -2.17. The topological polar surface area (TPSA) is 55.6 Å². The van der Waals surface area contributed by atoms with Crippen LogP contribution in [0.4, 0.5) is 5.69 Å². The fraction of sp³-hybridized carbons (Fsp3) is 0.462. The van der Waals surface area contributed by atoms with Gasteiger partial charge in [-0.1, -0.05) is 0 Å². The number of rotatable bonds is 3. The Balaban J connectivity index is 2.10. The molecule has 92 valence electrons. The van der Waals surface area contributed by atoms with Crippen LogP contribution < -0.4 is 15.4 Å². The summed E-state index contributed by atoms with van der Waals surface area (Å²) in [6, 6.07) is 7.21. The maximum Gasteiger partial charge on any atom is 0.243 e. The number of ether oxygens (including phenoxy) is 1. The maximum absolute atomic E-state index is 11.7. The summed E-state index contributed by atoms with van der Waals surface area (Å²) in [6.07, 6.45) is 0.881. The molecule has 2 N–H and O–H groups in total. The molecular weight excluding hydrogens is 216 g/mol. The zero-order valence-electron chi connectivity index (χ0n) is 10.2. The van der Waals surface area contributed by atoms with Crippen LogP contribution in [0.25, 0.3) is 0 Å². The molecule has 0 saturated carbocycles. The highest BCUT2D eigenvalue weighted by molar-refractivity contribution is 5.99. The van der Waals surface area contributed by atoms with E-state index in [2.05, 4.69) is 0 Å². The predicted octanol–water partition coefficient (Wildman–Crippen LogP) is 1.54. The third kappa shape index (κ3) is 2.58. The van der Waals surface area contributed by atoms with Gasteiger partial charge in [-0.3, -0.25) is 4.79 Å². The van der Waals surface area contributed by atoms with Crippen molar-refractivity contribution in [2.45, 2.75) is 32.4 Å². The van der Waals surface area contributed by atoms with Gasteiger partial charge >= 0.3 is 0 Å². The normalized spacial score (nSPS) is 20.1. The van der Waals surface area contributed by atoms with Gasteiger partial charge in [-0.05, 0) is 44.5 Å². The SMILES string of the molecule is CC(C)Oc1ccc(N2CCC(N)C2=O)cc1. The van der Waals surface area contributed by atoms with E-state index >= 15 is 0 Å². The van der Waals surface area contributed by atoms with Gasteiger partial charge in [-0.25, -0.2) is 0 Å². The Hall–Kier alpha value is -1.55. The Bertz CT molecular complexity index is 400. The molecule has 17 heavy (non-hydrogen) atoms. The summed E-state index contributed by atoms with van der Waals surface area (Å²) in [7, 11) is 0. The van der Waals surface area contributed by atoms with Gasteiger partial charge in [0.05, 0.1) is 12.1 Å². The predicted molar refractivity (Wildman–Crippen MR) is 67.2 cm³/mol. The molecule has 0 radical (unpaired) electrons. The molecule has 4 heteroatoms. The van der Waals surface area contributed by atoms with Crippen molar-refractivity contribution < 1.29 is 9.53 Å². The van der Waals surface area contributed by atoms with E-state index in [1.165, 1.54) is 0 Å². The van der Waals surface area contributed by atoms with E-state index < -0.39 is 0 Å². The average Bonchev–Trinajstić information content (AvgIpc) is 2.60. The molecule has 0 bridgehead atoms. The van der Waals surface area contributed by atoms with Gasteiger partial charge in [0, 0.05) is 12.2 Å². The monoisotopic (exact) mass is 234 g/mol. The Morgan fingerprint density at radius 2 is 2.00 bits per heavy atom. The molecule has 1 aliphatic rings. The van der Waals surface area contributed by atoms with Crippen molar-refractivity contribution in [2.75, 3.05) is 11.4 Å². The first-order chi connectivity index (χ1) is 8.08. The van der Waals surface area contributed by atoms with E-state index in [-0.39, 0.29) is 18.1 Å². The summed E-state index contributed by atoms with van der Waals surface area (Å²) in [5.74, 6) is 0.822. The van der Waals surface area contributed by atoms with Gasteiger partial charge in [-0.2, -0.15) is 0 Å². The zero-order valence-corrected chi connectivity index (χ0v) is 10.2. The van der Waals surface area contributed by atoms with E-state index in [0.717, 1.165) is 17.9 Å². The first-order valence-electron chi connectivity index (χ1n) is 5.91. The Morgan fingerprint density at radius 1 is 1.35 bits per heavy atom. The van der Waals surface area contributed by atoms with Crippen molar-refractivity contribution in [3.63, 3.8) is 0 Å². The molecule has 1 aliphatic heterocycles.